The van der Waals surface area contributed by atoms with Crippen LogP contribution in [0.1, 0.15) is 23.3 Å². The maximum atomic E-state index is 10.4. The lowest BCUT2D eigenvalue weighted by atomic mass is 9.85. The molecule has 16 nitrogen and oxygen atoms in total. The summed E-state index contributed by atoms with van der Waals surface area (Å²) in [5, 5.41) is 80.1. The average Bonchev–Trinajstić information content (AvgIpc) is 3.72. The van der Waals surface area contributed by atoms with Crippen molar-refractivity contribution in [2.24, 2.45) is 11.8 Å². The SMILES string of the molecule is COc1cc([C@H]2OC[C@H]3[C@@H]2CO[C@@H]3c2ccc(O[C@@H]3O[C@H](CO)[C@@H](O)[C@H](O)[C@H]3O)c(OC)c2)ccc1O[C@@H]1O[C@H](CO)[C@@H](O)[C@H](O)[C@H]1O. The van der Waals surface area contributed by atoms with E-state index in [-0.39, 0.29) is 35.5 Å². The minimum absolute atomic E-state index is 0.0204. The van der Waals surface area contributed by atoms with E-state index in [0.29, 0.717) is 24.7 Å². The molecule has 0 radical (unpaired) electrons. The molecule has 48 heavy (non-hydrogen) atoms. The second kappa shape index (κ2) is 14.6. The topological polar surface area (TPSA) is 236 Å². The third kappa shape index (κ3) is 6.44. The molecule has 266 valence electrons. The molecule has 0 bridgehead atoms. The molecule has 0 spiro atoms. The minimum Gasteiger partial charge on any atom is -0.493 e. The van der Waals surface area contributed by atoms with Crippen LogP contribution >= 0.6 is 0 Å². The predicted octanol–water partition coefficient (Wildman–Crippen LogP) is -1.86. The number of methoxy groups -OCH3 is 2. The number of rotatable bonds is 10. The predicted molar refractivity (Wildman–Crippen MR) is 159 cm³/mol. The van der Waals surface area contributed by atoms with Crippen LogP contribution in [0.5, 0.6) is 23.0 Å². The van der Waals surface area contributed by atoms with Crippen molar-refractivity contribution < 1.29 is 78.7 Å². The molecule has 0 aromatic heterocycles. The Hall–Kier alpha value is -2.84. The van der Waals surface area contributed by atoms with Gasteiger partial charge in [0, 0.05) is 11.8 Å². The van der Waals surface area contributed by atoms with Gasteiger partial charge in [-0.2, -0.15) is 0 Å². The molecule has 8 N–H and O–H groups in total. The lowest BCUT2D eigenvalue weighted by molar-refractivity contribution is -0.277. The molecule has 2 aromatic rings. The fourth-order valence-corrected chi connectivity index (χ4v) is 6.73. The standard InChI is InChI=1S/C32H42O16/c1-41-19-7-13(3-5-17(19)45-31-27(39)25(37)23(35)21(9-33)47-31)29-15-11-44-30(16(15)12-43-29)14-4-6-18(20(8-14)42-2)46-32-28(40)26(38)24(36)22(10-34)48-32/h3-8,15-16,21-40H,9-12H2,1-2H3/t15-,16-,21+,22+,23+,24+,25-,26-,27+,28+,29+,30+,31+,32+/m0/s1. The summed E-state index contributed by atoms with van der Waals surface area (Å²) in [5.74, 6) is 0.997. The van der Waals surface area contributed by atoms with Crippen LogP contribution in [0, 0.1) is 11.8 Å². The van der Waals surface area contributed by atoms with Crippen molar-refractivity contribution in [3.8, 4) is 23.0 Å². The van der Waals surface area contributed by atoms with Gasteiger partial charge in [0.1, 0.15) is 48.8 Å². The van der Waals surface area contributed by atoms with Gasteiger partial charge in [-0.3, -0.25) is 0 Å². The fraction of sp³-hybridized carbons (Fsp3) is 0.625. The van der Waals surface area contributed by atoms with Gasteiger partial charge >= 0.3 is 0 Å². The molecule has 0 aliphatic carbocycles. The Kier molecular flexibility index (Phi) is 10.6. The highest BCUT2D eigenvalue weighted by molar-refractivity contribution is 5.46. The van der Waals surface area contributed by atoms with E-state index in [1.807, 2.05) is 0 Å². The van der Waals surface area contributed by atoms with Crippen LogP contribution in [0.4, 0.5) is 0 Å². The minimum atomic E-state index is -1.59. The van der Waals surface area contributed by atoms with Gasteiger partial charge in [0.2, 0.25) is 12.6 Å². The second-order valence-corrected chi connectivity index (χ2v) is 12.3. The van der Waals surface area contributed by atoms with Crippen LogP contribution in [-0.2, 0) is 18.9 Å². The van der Waals surface area contributed by atoms with Crippen LogP contribution in [0.3, 0.4) is 0 Å². The Morgan fingerprint density at radius 1 is 0.562 bits per heavy atom. The van der Waals surface area contributed by atoms with Crippen molar-refractivity contribution in [1.29, 1.82) is 0 Å². The summed E-state index contributed by atoms with van der Waals surface area (Å²) in [7, 11) is 2.90. The van der Waals surface area contributed by atoms with E-state index in [1.165, 1.54) is 14.2 Å². The second-order valence-electron chi connectivity index (χ2n) is 12.3. The highest BCUT2D eigenvalue weighted by atomic mass is 16.7. The first-order valence-electron chi connectivity index (χ1n) is 15.6. The maximum Gasteiger partial charge on any atom is 0.229 e. The molecule has 0 amide bonds. The van der Waals surface area contributed by atoms with E-state index in [0.717, 1.165) is 11.1 Å². The molecule has 2 aromatic carbocycles. The zero-order chi connectivity index (χ0) is 34.3. The summed E-state index contributed by atoms with van der Waals surface area (Å²) in [5.41, 5.74) is 1.59. The number of fused-ring (bicyclic) bond motifs is 1. The zero-order valence-electron chi connectivity index (χ0n) is 26.2. The van der Waals surface area contributed by atoms with Crippen molar-refractivity contribution in [3.63, 3.8) is 0 Å². The van der Waals surface area contributed by atoms with Gasteiger partial charge < -0.3 is 78.7 Å². The highest BCUT2D eigenvalue weighted by Gasteiger charge is 2.49. The molecule has 0 saturated carbocycles. The van der Waals surface area contributed by atoms with Crippen molar-refractivity contribution in [2.75, 3.05) is 40.6 Å². The van der Waals surface area contributed by atoms with E-state index in [4.69, 9.17) is 37.9 Å². The highest BCUT2D eigenvalue weighted by Crippen LogP contribution is 2.52. The first-order chi connectivity index (χ1) is 23.1. The molecule has 4 saturated heterocycles. The Morgan fingerprint density at radius 2 is 0.958 bits per heavy atom. The van der Waals surface area contributed by atoms with Gasteiger partial charge in [0.25, 0.3) is 0 Å². The molecule has 0 unspecified atom stereocenters. The molecule has 4 fully saturated rings. The third-order valence-electron chi connectivity index (χ3n) is 9.48. The first-order valence-corrected chi connectivity index (χ1v) is 15.6. The summed E-state index contributed by atoms with van der Waals surface area (Å²) in [4.78, 5) is 0. The quantitative estimate of drug-likeness (QED) is 0.137. The molecule has 16 heteroatoms. The van der Waals surface area contributed by atoms with E-state index in [1.54, 1.807) is 36.4 Å². The summed E-state index contributed by atoms with van der Waals surface area (Å²) in [6.45, 7) is -0.371. The first kappa shape index (κ1) is 35.0. The Labute approximate surface area is 275 Å². The summed E-state index contributed by atoms with van der Waals surface area (Å²) in [6.07, 6.45) is -15.0. The number of hydrogen-bond acceptors (Lipinski definition) is 16. The van der Waals surface area contributed by atoms with Gasteiger partial charge in [-0.1, -0.05) is 12.1 Å². The number of aliphatic hydroxyl groups is 8. The largest absolute Gasteiger partial charge is 0.493 e. The van der Waals surface area contributed by atoms with Crippen molar-refractivity contribution in [2.45, 2.75) is 73.6 Å². The lowest BCUT2D eigenvalue weighted by Crippen LogP contribution is -2.60. The fourth-order valence-electron chi connectivity index (χ4n) is 6.73. The Morgan fingerprint density at radius 3 is 1.31 bits per heavy atom. The molecule has 4 heterocycles. The van der Waals surface area contributed by atoms with Crippen LogP contribution in [0.2, 0.25) is 0 Å². The zero-order valence-corrected chi connectivity index (χ0v) is 26.2. The summed E-state index contributed by atoms with van der Waals surface area (Å²) in [6, 6.07) is 10.3. The van der Waals surface area contributed by atoms with Crippen LogP contribution < -0.4 is 18.9 Å². The van der Waals surface area contributed by atoms with Gasteiger partial charge in [0.15, 0.2) is 23.0 Å². The number of aliphatic hydroxyl groups excluding tert-OH is 8. The monoisotopic (exact) mass is 682 g/mol. The molecular formula is C32H42O16. The number of ether oxygens (including phenoxy) is 8. The van der Waals surface area contributed by atoms with Gasteiger partial charge in [-0.25, -0.2) is 0 Å². The smallest absolute Gasteiger partial charge is 0.229 e. The van der Waals surface area contributed by atoms with E-state index < -0.39 is 74.6 Å². The van der Waals surface area contributed by atoms with Crippen LogP contribution in [0.15, 0.2) is 36.4 Å². The van der Waals surface area contributed by atoms with Crippen LogP contribution in [0.25, 0.3) is 0 Å². The van der Waals surface area contributed by atoms with Crippen molar-refractivity contribution >= 4 is 0 Å². The van der Waals surface area contributed by atoms with Gasteiger partial charge in [-0.05, 0) is 35.4 Å². The molecular weight excluding hydrogens is 640 g/mol. The molecule has 4 aliphatic heterocycles. The maximum absolute atomic E-state index is 10.4. The van der Waals surface area contributed by atoms with E-state index in [9.17, 15) is 40.9 Å². The van der Waals surface area contributed by atoms with Gasteiger partial charge in [-0.15, -0.1) is 0 Å². The summed E-state index contributed by atoms with van der Waals surface area (Å²) < 4.78 is 46.1. The number of hydrogen-bond donors (Lipinski definition) is 8. The lowest BCUT2D eigenvalue weighted by Gasteiger charge is -2.39. The van der Waals surface area contributed by atoms with E-state index >= 15 is 0 Å². The molecule has 14 atom stereocenters. The summed E-state index contributed by atoms with van der Waals surface area (Å²) >= 11 is 0. The Bertz CT molecular complexity index is 1290. The van der Waals surface area contributed by atoms with Crippen LogP contribution in [-0.4, -0.2) is 143 Å². The normalized spacial score (nSPS) is 39.5. The number of benzene rings is 2. The molecule has 6 rings (SSSR count). The van der Waals surface area contributed by atoms with Crippen molar-refractivity contribution in [3.05, 3.63) is 47.5 Å². The van der Waals surface area contributed by atoms with E-state index in [2.05, 4.69) is 0 Å². The Balaban J connectivity index is 1.14. The third-order valence-corrected chi connectivity index (χ3v) is 9.48. The molecule has 4 aliphatic rings. The van der Waals surface area contributed by atoms with Gasteiger partial charge in [0.05, 0.1) is 52.9 Å². The van der Waals surface area contributed by atoms with Crippen molar-refractivity contribution in [1.82, 2.24) is 0 Å². The average molecular weight is 683 g/mol.